The van der Waals surface area contributed by atoms with Crippen molar-refractivity contribution in [3.63, 3.8) is 0 Å². The summed E-state index contributed by atoms with van der Waals surface area (Å²) in [5, 5.41) is 2.72. The lowest BCUT2D eigenvalue weighted by molar-refractivity contribution is -0.129. The largest absolute Gasteiger partial charge is 0.449 e. The second-order valence-electron chi connectivity index (χ2n) is 8.27. The fraction of sp³-hybridized carbons (Fsp3) is 0.417. The Morgan fingerprint density at radius 3 is 2.30 bits per heavy atom. The molecule has 33 heavy (non-hydrogen) atoms. The Hall–Kier alpha value is -2.78. The number of hydrogen-bond acceptors (Lipinski definition) is 5. The highest BCUT2D eigenvalue weighted by Crippen LogP contribution is 2.25. The first-order valence-electron chi connectivity index (χ1n) is 11.0. The van der Waals surface area contributed by atoms with E-state index >= 15 is 0 Å². The smallest absolute Gasteiger partial charge is 0.338 e. The first kappa shape index (κ1) is 24.9. The van der Waals surface area contributed by atoms with Crippen molar-refractivity contribution in [1.29, 1.82) is 0 Å². The van der Waals surface area contributed by atoms with Crippen LogP contribution in [0.1, 0.15) is 60.6 Å². The lowest BCUT2D eigenvalue weighted by Crippen LogP contribution is -2.37. The maximum atomic E-state index is 13.1. The van der Waals surface area contributed by atoms with Crippen molar-refractivity contribution in [1.82, 2.24) is 9.62 Å². The molecule has 1 fully saturated rings. The van der Waals surface area contributed by atoms with Crippen molar-refractivity contribution in [2.24, 2.45) is 0 Å². The van der Waals surface area contributed by atoms with Crippen LogP contribution >= 0.6 is 0 Å². The molecule has 2 aromatic rings. The van der Waals surface area contributed by atoms with Crippen molar-refractivity contribution in [3.8, 4) is 0 Å². The summed E-state index contributed by atoms with van der Waals surface area (Å²) in [7, 11) is -3.72. The van der Waals surface area contributed by atoms with Crippen molar-refractivity contribution >= 4 is 21.9 Å². The fourth-order valence-corrected chi connectivity index (χ4v) is 5.46. The molecule has 2 atom stereocenters. The first-order valence-corrected chi connectivity index (χ1v) is 12.4. The summed E-state index contributed by atoms with van der Waals surface area (Å²) in [6.45, 7) is 5.76. The van der Waals surface area contributed by atoms with Gasteiger partial charge in [0, 0.05) is 13.1 Å². The normalized spacial score (nSPS) is 16.6. The van der Waals surface area contributed by atoms with Gasteiger partial charge in [0.2, 0.25) is 10.0 Å². The fourth-order valence-electron chi connectivity index (χ4n) is 3.70. The Balaban J connectivity index is 1.68. The lowest BCUT2D eigenvalue weighted by Gasteiger charge is -2.26. The van der Waals surface area contributed by atoms with Gasteiger partial charge in [-0.15, -0.1) is 0 Å². The van der Waals surface area contributed by atoms with Gasteiger partial charge in [-0.25, -0.2) is 17.6 Å². The molecule has 0 aliphatic carbocycles. The van der Waals surface area contributed by atoms with E-state index in [4.69, 9.17) is 4.74 Å². The minimum atomic E-state index is -3.72. The van der Waals surface area contributed by atoms with Crippen LogP contribution in [0.5, 0.6) is 0 Å². The zero-order valence-electron chi connectivity index (χ0n) is 19.0. The Bertz CT molecular complexity index is 1110. The quantitative estimate of drug-likeness (QED) is 0.615. The topological polar surface area (TPSA) is 92.8 Å². The molecule has 1 saturated heterocycles. The summed E-state index contributed by atoms with van der Waals surface area (Å²) in [5.74, 6) is -1.69. The number of carbonyl (C=O) groups is 2. The number of aryl methyl sites for hydroxylation is 1. The van der Waals surface area contributed by atoms with E-state index in [2.05, 4.69) is 5.32 Å². The van der Waals surface area contributed by atoms with E-state index in [0.29, 0.717) is 24.2 Å². The lowest BCUT2D eigenvalue weighted by atomic mass is 10.1. The van der Waals surface area contributed by atoms with Crippen LogP contribution in [0, 0.1) is 12.7 Å². The SMILES string of the molecule is Cc1ccc(C(=O)OC(C)C(=O)NC(C)c2ccc(F)cc2)cc1S(=O)(=O)N1CCCCC1. The number of amides is 1. The Kier molecular flexibility index (Phi) is 7.86. The van der Waals surface area contributed by atoms with Gasteiger partial charge in [0.15, 0.2) is 6.10 Å². The molecular formula is C24H29FN2O5S. The number of nitrogens with one attached hydrogen (secondary N) is 1. The molecule has 0 radical (unpaired) electrons. The maximum absolute atomic E-state index is 13.1. The third kappa shape index (κ3) is 5.97. The van der Waals surface area contributed by atoms with Gasteiger partial charge in [-0.1, -0.05) is 24.6 Å². The molecule has 9 heteroatoms. The van der Waals surface area contributed by atoms with Crippen molar-refractivity contribution in [2.75, 3.05) is 13.1 Å². The molecule has 2 unspecified atom stereocenters. The van der Waals surface area contributed by atoms with Crippen LogP contribution in [0.25, 0.3) is 0 Å². The summed E-state index contributed by atoms with van der Waals surface area (Å²) in [6.07, 6.45) is 1.51. The van der Waals surface area contributed by atoms with Crippen molar-refractivity contribution in [2.45, 2.75) is 57.1 Å². The standard InChI is InChI=1S/C24H29FN2O5S/c1-16-7-8-20(15-22(16)33(30,31)27-13-5-4-6-14-27)24(29)32-18(3)23(28)26-17(2)19-9-11-21(25)12-10-19/h7-12,15,17-18H,4-6,13-14H2,1-3H3,(H,26,28). The zero-order valence-corrected chi connectivity index (χ0v) is 19.8. The number of ether oxygens (including phenoxy) is 1. The number of benzene rings is 2. The Labute approximate surface area is 194 Å². The molecule has 1 aliphatic heterocycles. The molecule has 2 aromatic carbocycles. The summed E-state index contributed by atoms with van der Waals surface area (Å²) < 4.78 is 46.0. The van der Waals surface area contributed by atoms with Gasteiger partial charge in [-0.3, -0.25) is 4.79 Å². The van der Waals surface area contributed by atoms with E-state index in [0.717, 1.165) is 19.3 Å². The maximum Gasteiger partial charge on any atom is 0.338 e. The van der Waals surface area contributed by atoms with E-state index in [1.165, 1.54) is 35.5 Å². The van der Waals surface area contributed by atoms with Crippen molar-refractivity contribution in [3.05, 3.63) is 65.0 Å². The summed E-state index contributed by atoms with van der Waals surface area (Å²) in [4.78, 5) is 25.2. The Morgan fingerprint density at radius 2 is 1.67 bits per heavy atom. The van der Waals surface area contributed by atoms with Gasteiger partial charge in [0.05, 0.1) is 16.5 Å². The van der Waals surface area contributed by atoms with Gasteiger partial charge in [0.1, 0.15) is 5.82 Å². The third-order valence-corrected chi connectivity index (χ3v) is 7.78. The van der Waals surface area contributed by atoms with E-state index in [1.54, 1.807) is 32.0 Å². The van der Waals surface area contributed by atoms with E-state index in [-0.39, 0.29) is 16.3 Å². The molecule has 3 rings (SSSR count). The monoisotopic (exact) mass is 476 g/mol. The number of carbonyl (C=O) groups excluding carboxylic acids is 2. The number of nitrogens with zero attached hydrogens (tertiary/aromatic N) is 1. The molecular weight excluding hydrogens is 447 g/mol. The van der Waals surface area contributed by atoms with Crippen LogP contribution < -0.4 is 5.32 Å². The molecule has 1 amide bonds. The third-order valence-electron chi connectivity index (χ3n) is 5.74. The van der Waals surface area contributed by atoms with Gasteiger partial charge < -0.3 is 10.1 Å². The molecule has 0 bridgehead atoms. The predicted octanol–water partition coefficient (Wildman–Crippen LogP) is 3.73. The Morgan fingerprint density at radius 1 is 1.03 bits per heavy atom. The van der Waals surface area contributed by atoms with Gasteiger partial charge >= 0.3 is 5.97 Å². The first-order chi connectivity index (χ1) is 15.6. The number of esters is 1. The van der Waals surface area contributed by atoms with E-state index < -0.39 is 34.0 Å². The van der Waals surface area contributed by atoms with Crippen molar-refractivity contribution < 1.29 is 27.1 Å². The second-order valence-corrected chi connectivity index (χ2v) is 10.2. The molecule has 0 aromatic heterocycles. The highest BCUT2D eigenvalue weighted by atomic mass is 32.2. The number of rotatable bonds is 7. The molecule has 178 valence electrons. The molecule has 0 saturated carbocycles. The average Bonchev–Trinajstić information content (AvgIpc) is 2.80. The zero-order chi connectivity index (χ0) is 24.2. The molecule has 1 aliphatic rings. The van der Waals surface area contributed by atoms with Gasteiger partial charge in [-0.2, -0.15) is 4.31 Å². The molecule has 1 heterocycles. The van der Waals surface area contributed by atoms with Crippen LogP contribution in [0.4, 0.5) is 4.39 Å². The average molecular weight is 477 g/mol. The molecule has 7 nitrogen and oxygen atoms in total. The van der Waals surface area contributed by atoms with E-state index in [1.807, 2.05) is 0 Å². The minimum absolute atomic E-state index is 0.0578. The highest BCUT2D eigenvalue weighted by molar-refractivity contribution is 7.89. The van der Waals surface area contributed by atoms with Crippen LogP contribution in [0.15, 0.2) is 47.4 Å². The van der Waals surface area contributed by atoms with Gasteiger partial charge in [-0.05, 0) is 69.0 Å². The summed E-state index contributed by atoms with van der Waals surface area (Å²) in [5.41, 5.74) is 1.30. The molecule has 1 N–H and O–H groups in total. The number of hydrogen-bond donors (Lipinski definition) is 1. The number of sulfonamides is 1. The van der Waals surface area contributed by atoms with Crippen LogP contribution in [0.2, 0.25) is 0 Å². The van der Waals surface area contributed by atoms with Gasteiger partial charge in [0.25, 0.3) is 5.91 Å². The molecule has 0 spiro atoms. The second kappa shape index (κ2) is 10.4. The summed E-state index contributed by atoms with van der Waals surface area (Å²) >= 11 is 0. The summed E-state index contributed by atoms with van der Waals surface area (Å²) in [6, 6.07) is 9.67. The van der Waals surface area contributed by atoms with Crippen LogP contribution in [-0.2, 0) is 19.6 Å². The van der Waals surface area contributed by atoms with Crippen LogP contribution in [-0.4, -0.2) is 43.8 Å². The number of piperidine rings is 1. The minimum Gasteiger partial charge on any atom is -0.449 e. The number of halogens is 1. The predicted molar refractivity (Wildman–Crippen MR) is 122 cm³/mol. The van der Waals surface area contributed by atoms with Crippen LogP contribution in [0.3, 0.4) is 0 Å². The highest BCUT2D eigenvalue weighted by Gasteiger charge is 2.29. The van der Waals surface area contributed by atoms with E-state index in [9.17, 15) is 22.4 Å².